The second-order valence-electron chi connectivity index (χ2n) is 7.54. The molecule has 6 nitrogen and oxygen atoms in total. The third-order valence-electron chi connectivity index (χ3n) is 5.70. The van der Waals surface area contributed by atoms with Gasteiger partial charge in [0.2, 0.25) is 0 Å². The van der Waals surface area contributed by atoms with Crippen molar-refractivity contribution in [1.82, 2.24) is 19.7 Å². The van der Waals surface area contributed by atoms with Crippen LogP contribution in [0.15, 0.2) is 61.1 Å². The predicted molar refractivity (Wildman–Crippen MR) is 123 cm³/mol. The van der Waals surface area contributed by atoms with Gasteiger partial charge in [-0.05, 0) is 24.3 Å². The van der Waals surface area contributed by atoms with Crippen LogP contribution < -0.4 is 51.4 Å². The van der Waals surface area contributed by atoms with E-state index in [2.05, 4.69) is 35.6 Å². The minimum Gasteiger partial charge on any atom is -0.705 e. The average Bonchev–Trinajstić information content (AvgIpc) is 2.97. The summed E-state index contributed by atoms with van der Waals surface area (Å²) in [7, 11) is 4.10. The molecule has 3 aromatic rings. The van der Waals surface area contributed by atoms with Crippen molar-refractivity contribution in [2.45, 2.75) is 19.4 Å². The quantitative estimate of drug-likeness (QED) is 0.386. The molecule has 31 heavy (non-hydrogen) atoms. The van der Waals surface area contributed by atoms with Crippen LogP contribution in [0.3, 0.4) is 0 Å². The normalized spacial score (nSPS) is 14.5. The molecule has 0 amide bonds. The molecule has 1 aliphatic rings. The Morgan fingerprint density at radius 2 is 2.06 bits per heavy atom. The Morgan fingerprint density at radius 1 is 1.26 bits per heavy atom. The van der Waals surface area contributed by atoms with Gasteiger partial charge in [0.15, 0.2) is 0 Å². The molecule has 2 N–H and O–H groups in total. The Kier molecular flexibility index (Phi) is 7.67. The van der Waals surface area contributed by atoms with Crippen molar-refractivity contribution >= 4 is 22.6 Å². The Bertz CT molecular complexity index is 1200. The van der Waals surface area contributed by atoms with Crippen molar-refractivity contribution in [2.75, 3.05) is 7.05 Å². The van der Waals surface area contributed by atoms with Crippen LogP contribution in [0.25, 0.3) is 33.3 Å². The average molecular weight is 437 g/mol. The van der Waals surface area contributed by atoms with E-state index in [9.17, 15) is 0 Å². The monoisotopic (exact) mass is 436 g/mol. The van der Waals surface area contributed by atoms with Gasteiger partial charge >= 0.3 is 51.4 Å². The molecular weight excluding hydrogens is 411 g/mol. The van der Waals surface area contributed by atoms with Crippen molar-refractivity contribution in [3.05, 3.63) is 83.8 Å². The molecule has 0 fully saturated rings. The van der Waals surface area contributed by atoms with Gasteiger partial charge in [0.1, 0.15) is 0 Å². The molecule has 1 aromatic carbocycles. The van der Waals surface area contributed by atoms with Crippen LogP contribution in [-0.2, 0) is 20.0 Å². The molecule has 0 unspecified atom stereocenters. The van der Waals surface area contributed by atoms with E-state index in [4.69, 9.17) is 16.2 Å². The zero-order valence-corrected chi connectivity index (χ0v) is 21.4. The number of pyridine rings is 1. The molecule has 2 aromatic heterocycles. The van der Waals surface area contributed by atoms with Crippen LogP contribution in [0.5, 0.6) is 0 Å². The SMILES string of the molecule is C=C1CCc2c(c(-c3cccc4cc(/C(C=N)=C/C=C/[NH-])ncc34)nn2C)CN1C.[K+]. The van der Waals surface area contributed by atoms with Gasteiger partial charge in [-0.3, -0.25) is 9.67 Å². The standard InChI is InChI=1S/C24H25N6.K/c1-16-9-10-23-21(15-29(16)2)24(28-30(23)3)19-8-4-6-17-12-22(27-14-20(17)19)18(13-26)7-5-11-25;/h4-8,11-14,25-26H,1,9-10,15H2,2-3H3;/q-1;+1/b11-5+,18-7+,26-13?;. The van der Waals surface area contributed by atoms with Gasteiger partial charge in [-0.15, -0.1) is 0 Å². The number of benzene rings is 1. The van der Waals surface area contributed by atoms with Crippen LogP contribution in [0.4, 0.5) is 0 Å². The minimum atomic E-state index is 0. The summed E-state index contributed by atoms with van der Waals surface area (Å²) in [6, 6.07) is 8.19. The Labute approximate surface area is 225 Å². The second-order valence-corrected chi connectivity index (χ2v) is 7.54. The van der Waals surface area contributed by atoms with Crippen molar-refractivity contribution in [1.29, 1.82) is 5.41 Å². The first-order chi connectivity index (χ1) is 14.5. The minimum absolute atomic E-state index is 0. The largest absolute Gasteiger partial charge is 1.00 e. The van der Waals surface area contributed by atoms with Crippen molar-refractivity contribution < 1.29 is 51.4 Å². The number of allylic oxidation sites excluding steroid dienone is 4. The number of hydrogen-bond acceptors (Lipinski definition) is 4. The summed E-state index contributed by atoms with van der Waals surface area (Å²) in [5.41, 5.74) is 14.3. The number of aromatic nitrogens is 3. The van der Waals surface area contributed by atoms with E-state index in [1.165, 1.54) is 23.7 Å². The van der Waals surface area contributed by atoms with Crippen LogP contribution in [0.2, 0.25) is 0 Å². The number of hydrogen-bond donors (Lipinski definition) is 1. The van der Waals surface area contributed by atoms with Gasteiger partial charge < -0.3 is 16.0 Å². The first-order valence-electron chi connectivity index (χ1n) is 9.91. The van der Waals surface area contributed by atoms with Crippen LogP contribution in [0.1, 0.15) is 23.4 Å². The molecule has 1 aliphatic heterocycles. The number of fused-ring (bicyclic) bond motifs is 2. The van der Waals surface area contributed by atoms with E-state index >= 15 is 0 Å². The maximum Gasteiger partial charge on any atom is 1.00 e. The summed E-state index contributed by atoms with van der Waals surface area (Å²) < 4.78 is 2.00. The summed E-state index contributed by atoms with van der Waals surface area (Å²) in [4.78, 5) is 6.82. The molecular formula is C24H25KN6. The van der Waals surface area contributed by atoms with Crippen LogP contribution >= 0.6 is 0 Å². The summed E-state index contributed by atoms with van der Waals surface area (Å²) >= 11 is 0. The molecule has 0 saturated heterocycles. The van der Waals surface area contributed by atoms with E-state index in [-0.39, 0.29) is 51.4 Å². The second kappa shape index (κ2) is 10.1. The van der Waals surface area contributed by atoms with Gasteiger partial charge in [0.05, 0.1) is 11.4 Å². The molecule has 3 heterocycles. The van der Waals surface area contributed by atoms with E-state index < -0.39 is 0 Å². The first kappa shape index (κ1) is 23.6. The van der Waals surface area contributed by atoms with Gasteiger partial charge in [0.25, 0.3) is 0 Å². The molecule has 152 valence electrons. The third-order valence-corrected chi connectivity index (χ3v) is 5.70. The van der Waals surface area contributed by atoms with Crippen molar-refractivity contribution in [2.24, 2.45) is 7.05 Å². The topological polar surface area (TPSA) is 81.6 Å². The van der Waals surface area contributed by atoms with Crippen LogP contribution in [-0.4, -0.2) is 32.9 Å². The molecule has 0 radical (unpaired) electrons. The summed E-state index contributed by atoms with van der Waals surface area (Å²) in [6.45, 7) is 4.99. The van der Waals surface area contributed by atoms with Gasteiger partial charge in [-0.25, -0.2) is 0 Å². The van der Waals surface area contributed by atoms with E-state index in [0.717, 1.165) is 47.1 Å². The zero-order chi connectivity index (χ0) is 21.3. The molecule has 0 aliphatic carbocycles. The fourth-order valence-electron chi connectivity index (χ4n) is 4.00. The molecule has 0 bridgehead atoms. The molecule has 0 saturated carbocycles. The van der Waals surface area contributed by atoms with Crippen molar-refractivity contribution in [3.63, 3.8) is 0 Å². The maximum atomic E-state index is 7.67. The van der Waals surface area contributed by atoms with E-state index in [1.807, 2.05) is 30.1 Å². The zero-order valence-electron chi connectivity index (χ0n) is 18.3. The molecule has 7 heteroatoms. The van der Waals surface area contributed by atoms with Crippen molar-refractivity contribution in [3.8, 4) is 11.3 Å². The van der Waals surface area contributed by atoms with Gasteiger partial charge in [-0.1, -0.05) is 36.9 Å². The molecule has 0 spiro atoms. The number of rotatable bonds is 4. The fourth-order valence-corrected chi connectivity index (χ4v) is 4.00. The Hall–Kier alpha value is -2.03. The first-order valence-corrected chi connectivity index (χ1v) is 9.91. The summed E-state index contributed by atoms with van der Waals surface area (Å²) in [5, 5.41) is 14.6. The molecule has 4 rings (SSSR count). The number of aryl methyl sites for hydroxylation is 1. The van der Waals surface area contributed by atoms with E-state index in [0.29, 0.717) is 11.3 Å². The fraction of sp³-hybridized carbons (Fsp3) is 0.208. The molecule has 0 atom stereocenters. The Morgan fingerprint density at radius 3 is 2.81 bits per heavy atom. The van der Waals surface area contributed by atoms with Gasteiger partial charge in [0, 0.05) is 66.5 Å². The van der Waals surface area contributed by atoms with Crippen LogP contribution in [0, 0.1) is 5.41 Å². The van der Waals surface area contributed by atoms with E-state index in [1.54, 1.807) is 12.2 Å². The maximum absolute atomic E-state index is 7.67. The smallest absolute Gasteiger partial charge is 0.705 e. The summed E-state index contributed by atoms with van der Waals surface area (Å²) in [6.07, 6.45) is 9.51. The number of nitrogens with zero attached hydrogens (tertiary/aromatic N) is 4. The predicted octanol–water partition coefficient (Wildman–Crippen LogP) is 2.13. The number of nitrogens with one attached hydrogen (secondary N) is 2. The summed E-state index contributed by atoms with van der Waals surface area (Å²) in [5.74, 6) is 0. The van der Waals surface area contributed by atoms with Gasteiger partial charge in [-0.2, -0.15) is 11.3 Å². The third kappa shape index (κ3) is 4.61. The Balaban J connectivity index is 0.00000272.